The highest BCUT2D eigenvalue weighted by Gasteiger charge is 2.17. The van der Waals surface area contributed by atoms with Crippen molar-refractivity contribution in [1.29, 1.82) is 0 Å². The van der Waals surface area contributed by atoms with Crippen LogP contribution in [0.15, 0.2) is 71.8 Å². The van der Waals surface area contributed by atoms with Crippen LogP contribution in [0.2, 0.25) is 5.02 Å². The van der Waals surface area contributed by atoms with Crippen LogP contribution in [0.5, 0.6) is 11.5 Å². The maximum absolute atomic E-state index is 13.0. The number of benzene rings is 2. The Balaban J connectivity index is 1.46. The van der Waals surface area contributed by atoms with Gasteiger partial charge in [-0.05, 0) is 54.2 Å². The number of nitrogens with zero attached hydrogens (tertiary/aromatic N) is 2. The number of nitrogens with one attached hydrogen (secondary N) is 2. The summed E-state index contributed by atoms with van der Waals surface area (Å²) in [5.74, 6) is 1.30. The molecule has 0 amide bonds. The summed E-state index contributed by atoms with van der Waals surface area (Å²) in [6.07, 6.45) is 3.50. The zero-order valence-corrected chi connectivity index (χ0v) is 19.7. The number of aromatic amines is 1. The van der Waals surface area contributed by atoms with E-state index in [0.29, 0.717) is 59.0 Å². The van der Waals surface area contributed by atoms with Crippen LogP contribution in [0.4, 0.5) is 5.69 Å². The van der Waals surface area contributed by atoms with E-state index in [1.165, 1.54) is 0 Å². The van der Waals surface area contributed by atoms with E-state index >= 15 is 0 Å². The summed E-state index contributed by atoms with van der Waals surface area (Å²) < 4.78 is 11.3. The van der Waals surface area contributed by atoms with Gasteiger partial charge in [0.05, 0.1) is 12.1 Å². The molecule has 4 aromatic rings. The molecule has 172 valence electrons. The summed E-state index contributed by atoms with van der Waals surface area (Å²) >= 11 is 11.8. The summed E-state index contributed by atoms with van der Waals surface area (Å²) in [5, 5.41) is 5.15. The molecule has 2 aromatic heterocycles. The molecule has 0 atom stereocenters. The van der Waals surface area contributed by atoms with Gasteiger partial charge in [-0.2, -0.15) is 0 Å². The SMILES string of the molecule is O=c1[nH]c2cc3c(cc2cc1CN(Cc1cccnc1)C(=S)Nc1cccc(Cl)c1)OCCO3. The van der Waals surface area contributed by atoms with Gasteiger partial charge in [0.1, 0.15) is 13.2 Å². The summed E-state index contributed by atoms with van der Waals surface area (Å²) in [6.45, 7) is 1.75. The first-order valence-electron chi connectivity index (χ1n) is 10.7. The Morgan fingerprint density at radius 1 is 1.09 bits per heavy atom. The number of pyridine rings is 2. The molecule has 2 N–H and O–H groups in total. The summed E-state index contributed by atoms with van der Waals surface area (Å²) in [6, 6.07) is 16.7. The topological polar surface area (TPSA) is 79.5 Å². The van der Waals surface area contributed by atoms with Crippen molar-refractivity contribution in [2.24, 2.45) is 0 Å². The number of thiocarbonyl (C=S) groups is 1. The molecule has 0 radical (unpaired) electrons. The highest BCUT2D eigenvalue weighted by atomic mass is 35.5. The quantitative estimate of drug-likeness (QED) is 0.389. The van der Waals surface area contributed by atoms with E-state index in [1.54, 1.807) is 30.6 Å². The number of fused-ring (bicyclic) bond motifs is 2. The minimum Gasteiger partial charge on any atom is -0.486 e. The number of H-pyrrole nitrogens is 1. The molecule has 7 nitrogen and oxygen atoms in total. The number of halogens is 1. The molecule has 1 aliphatic heterocycles. The van der Waals surface area contributed by atoms with Crippen molar-refractivity contribution in [2.75, 3.05) is 18.5 Å². The molecule has 0 fully saturated rings. The Kier molecular flexibility index (Phi) is 6.33. The van der Waals surface area contributed by atoms with Gasteiger partial charge in [-0.15, -0.1) is 0 Å². The van der Waals surface area contributed by atoms with Crippen molar-refractivity contribution in [3.8, 4) is 11.5 Å². The van der Waals surface area contributed by atoms with E-state index < -0.39 is 0 Å². The van der Waals surface area contributed by atoms with E-state index in [2.05, 4.69) is 15.3 Å². The first kappa shape index (κ1) is 22.2. The molecule has 34 heavy (non-hydrogen) atoms. The number of rotatable bonds is 5. The highest BCUT2D eigenvalue weighted by molar-refractivity contribution is 7.80. The van der Waals surface area contributed by atoms with Crippen LogP contribution in [0, 0.1) is 0 Å². The van der Waals surface area contributed by atoms with Gasteiger partial charge in [0.15, 0.2) is 16.6 Å². The third kappa shape index (κ3) is 4.98. The molecule has 0 saturated carbocycles. The van der Waals surface area contributed by atoms with E-state index in [1.807, 2.05) is 41.3 Å². The van der Waals surface area contributed by atoms with Gasteiger partial charge >= 0.3 is 0 Å². The Labute approximate surface area is 206 Å². The van der Waals surface area contributed by atoms with Crippen LogP contribution in [0.3, 0.4) is 0 Å². The lowest BCUT2D eigenvalue weighted by molar-refractivity contribution is 0.172. The number of hydrogen-bond acceptors (Lipinski definition) is 5. The second-order valence-electron chi connectivity index (χ2n) is 7.86. The molecule has 0 spiro atoms. The molecule has 0 aliphatic carbocycles. The predicted octanol–water partition coefficient (Wildman–Crippen LogP) is 4.75. The van der Waals surface area contributed by atoms with Gasteiger partial charge in [-0.1, -0.05) is 23.7 Å². The van der Waals surface area contributed by atoms with E-state index in [-0.39, 0.29) is 5.56 Å². The van der Waals surface area contributed by atoms with Gasteiger partial charge in [-0.3, -0.25) is 9.78 Å². The molecule has 9 heteroatoms. The number of aromatic nitrogens is 2. The lowest BCUT2D eigenvalue weighted by Crippen LogP contribution is -2.35. The van der Waals surface area contributed by atoms with Crippen molar-refractivity contribution < 1.29 is 9.47 Å². The molecule has 0 bridgehead atoms. The average molecular weight is 493 g/mol. The normalized spacial score (nSPS) is 12.4. The van der Waals surface area contributed by atoms with Crippen LogP contribution in [0.1, 0.15) is 11.1 Å². The van der Waals surface area contributed by atoms with Crippen LogP contribution >= 0.6 is 23.8 Å². The molecular weight excluding hydrogens is 472 g/mol. The fraction of sp³-hybridized carbons (Fsp3) is 0.160. The van der Waals surface area contributed by atoms with Crippen LogP contribution < -0.4 is 20.3 Å². The van der Waals surface area contributed by atoms with Crippen molar-refractivity contribution in [3.05, 3.63) is 93.5 Å². The van der Waals surface area contributed by atoms with E-state index in [0.717, 1.165) is 16.6 Å². The predicted molar refractivity (Wildman–Crippen MR) is 137 cm³/mol. The highest BCUT2D eigenvalue weighted by Crippen LogP contribution is 2.33. The standard InChI is InChI=1S/C25H21ClN4O3S/c26-19-4-1-5-20(11-19)28-25(34)30(14-16-3-2-6-27-13-16)15-18-9-17-10-22-23(33-8-7-32-22)12-21(17)29-24(18)31/h1-6,9-13H,7-8,14-15H2,(H,28,34)(H,29,31). The van der Waals surface area contributed by atoms with Crippen molar-refractivity contribution in [1.82, 2.24) is 14.9 Å². The van der Waals surface area contributed by atoms with Crippen molar-refractivity contribution in [2.45, 2.75) is 13.1 Å². The number of ether oxygens (including phenoxy) is 2. The van der Waals surface area contributed by atoms with Gasteiger partial charge in [0.25, 0.3) is 5.56 Å². The fourth-order valence-corrected chi connectivity index (χ4v) is 4.23. The van der Waals surface area contributed by atoms with E-state index in [9.17, 15) is 4.79 Å². The minimum absolute atomic E-state index is 0.189. The Bertz CT molecular complexity index is 1410. The molecule has 2 aromatic carbocycles. The van der Waals surface area contributed by atoms with Gasteiger partial charge in [0.2, 0.25) is 0 Å². The van der Waals surface area contributed by atoms with Gasteiger partial charge < -0.3 is 24.7 Å². The largest absolute Gasteiger partial charge is 0.486 e. The van der Waals surface area contributed by atoms with Crippen LogP contribution in [0.25, 0.3) is 10.9 Å². The Morgan fingerprint density at radius 2 is 1.91 bits per heavy atom. The Hall–Kier alpha value is -3.62. The smallest absolute Gasteiger partial charge is 0.253 e. The first-order chi connectivity index (χ1) is 16.5. The summed E-state index contributed by atoms with van der Waals surface area (Å²) in [5.41, 5.74) is 2.81. The molecule has 0 saturated heterocycles. The third-order valence-corrected chi connectivity index (χ3v) is 6.00. The third-order valence-electron chi connectivity index (χ3n) is 5.40. The molecule has 1 aliphatic rings. The monoisotopic (exact) mass is 492 g/mol. The molecule has 0 unspecified atom stereocenters. The zero-order valence-electron chi connectivity index (χ0n) is 18.1. The lowest BCUT2D eigenvalue weighted by Gasteiger charge is -2.26. The van der Waals surface area contributed by atoms with Crippen molar-refractivity contribution in [3.63, 3.8) is 0 Å². The molecule has 5 rings (SSSR count). The molecular formula is C25H21ClN4O3S. The van der Waals surface area contributed by atoms with Crippen LogP contribution in [-0.2, 0) is 13.1 Å². The van der Waals surface area contributed by atoms with E-state index in [4.69, 9.17) is 33.3 Å². The zero-order chi connectivity index (χ0) is 23.5. The Morgan fingerprint density at radius 3 is 2.68 bits per heavy atom. The second kappa shape index (κ2) is 9.70. The first-order valence-corrected chi connectivity index (χ1v) is 11.5. The second-order valence-corrected chi connectivity index (χ2v) is 8.69. The maximum Gasteiger partial charge on any atom is 0.253 e. The van der Waals surface area contributed by atoms with Crippen LogP contribution in [-0.4, -0.2) is 33.2 Å². The maximum atomic E-state index is 13.0. The number of anilines is 1. The number of hydrogen-bond donors (Lipinski definition) is 2. The van der Waals surface area contributed by atoms with Gasteiger partial charge in [-0.25, -0.2) is 0 Å². The fourth-order valence-electron chi connectivity index (χ4n) is 3.79. The lowest BCUT2D eigenvalue weighted by atomic mass is 10.1. The summed E-state index contributed by atoms with van der Waals surface area (Å²) in [4.78, 5) is 22.0. The minimum atomic E-state index is -0.189. The average Bonchev–Trinajstić information content (AvgIpc) is 2.83. The summed E-state index contributed by atoms with van der Waals surface area (Å²) in [7, 11) is 0. The molecule has 3 heterocycles. The van der Waals surface area contributed by atoms with Crippen molar-refractivity contribution >= 4 is 45.5 Å². The van der Waals surface area contributed by atoms with Gasteiger partial charge in [0, 0.05) is 46.7 Å².